The molecule has 0 spiro atoms. The summed E-state index contributed by atoms with van der Waals surface area (Å²) in [4.78, 5) is 41.0. The first-order chi connectivity index (χ1) is 17.1. The molecule has 3 aromatic rings. The highest BCUT2D eigenvalue weighted by atomic mass is 16.6. The molecule has 0 bridgehead atoms. The molecule has 180 valence electrons. The number of hydrogen-bond donors (Lipinski definition) is 0. The van der Waals surface area contributed by atoms with E-state index >= 15 is 0 Å². The number of ether oxygens (including phenoxy) is 2. The van der Waals surface area contributed by atoms with E-state index in [4.69, 9.17) is 9.47 Å². The van der Waals surface area contributed by atoms with Gasteiger partial charge in [-0.3, -0.25) is 4.79 Å². The number of cyclic esters (lactones) is 1. The summed E-state index contributed by atoms with van der Waals surface area (Å²) in [5, 5.41) is 0. The van der Waals surface area contributed by atoms with E-state index < -0.39 is 12.2 Å². The molecule has 0 N–H and O–H groups in total. The number of nitrogens with zero attached hydrogens (tertiary/aromatic N) is 2. The molecular weight excluding hydrogens is 444 g/mol. The summed E-state index contributed by atoms with van der Waals surface area (Å²) >= 11 is 0. The molecule has 3 amide bonds. The highest BCUT2D eigenvalue weighted by Gasteiger charge is 2.37. The second-order valence-electron chi connectivity index (χ2n) is 8.38. The average Bonchev–Trinajstić information content (AvgIpc) is 3.26. The lowest BCUT2D eigenvalue weighted by Gasteiger charge is -2.24. The number of rotatable bonds is 9. The van der Waals surface area contributed by atoms with E-state index in [0.717, 1.165) is 16.7 Å². The third kappa shape index (κ3) is 6.69. The molecular formula is C28H28N2O5. The van der Waals surface area contributed by atoms with Gasteiger partial charge >= 0.3 is 12.2 Å². The van der Waals surface area contributed by atoms with Crippen molar-refractivity contribution in [1.82, 2.24) is 9.80 Å². The van der Waals surface area contributed by atoms with E-state index in [1.54, 1.807) is 0 Å². The molecule has 1 fully saturated rings. The van der Waals surface area contributed by atoms with E-state index in [0.29, 0.717) is 13.0 Å². The number of carbonyl (C=O) groups is 3. The summed E-state index contributed by atoms with van der Waals surface area (Å²) in [7, 11) is 0. The van der Waals surface area contributed by atoms with Crippen LogP contribution < -0.4 is 0 Å². The molecule has 0 unspecified atom stereocenters. The molecule has 0 saturated carbocycles. The monoisotopic (exact) mass is 472 g/mol. The molecule has 0 radical (unpaired) electrons. The second-order valence-corrected chi connectivity index (χ2v) is 8.38. The van der Waals surface area contributed by atoms with Gasteiger partial charge in [-0.05, 0) is 23.1 Å². The third-order valence-electron chi connectivity index (χ3n) is 5.82. The first kappa shape index (κ1) is 24.0. The van der Waals surface area contributed by atoms with Gasteiger partial charge in [-0.1, -0.05) is 91.0 Å². The molecule has 1 saturated heterocycles. The summed E-state index contributed by atoms with van der Waals surface area (Å²) in [6.07, 6.45) is -0.661. The van der Waals surface area contributed by atoms with Gasteiger partial charge in [0.2, 0.25) is 5.91 Å². The zero-order valence-electron chi connectivity index (χ0n) is 19.4. The van der Waals surface area contributed by atoms with Crippen molar-refractivity contribution in [3.05, 3.63) is 108 Å². The van der Waals surface area contributed by atoms with Gasteiger partial charge < -0.3 is 14.4 Å². The van der Waals surface area contributed by atoms with Crippen LogP contribution in [0.4, 0.5) is 9.59 Å². The highest BCUT2D eigenvalue weighted by molar-refractivity contribution is 5.93. The van der Waals surface area contributed by atoms with Gasteiger partial charge in [-0.15, -0.1) is 0 Å². The first-order valence-electron chi connectivity index (χ1n) is 11.6. The summed E-state index contributed by atoms with van der Waals surface area (Å²) < 4.78 is 10.7. The Morgan fingerprint density at radius 3 is 2.06 bits per heavy atom. The normalized spacial score (nSPS) is 14.9. The molecule has 1 aliphatic heterocycles. The highest BCUT2D eigenvalue weighted by Crippen LogP contribution is 2.19. The average molecular weight is 473 g/mol. The topological polar surface area (TPSA) is 76.2 Å². The molecule has 1 atom stereocenters. The zero-order chi connectivity index (χ0) is 24.5. The predicted octanol–water partition coefficient (Wildman–Crippen LogP) is 4.81. The lowest BCUT2D eigenvalue weighted by Crippen LogP contribution is -2.42. The van der Waals surface area contributed by atoms with Gasteiger partial charge in [-0.25, -0.2) is 14.5 Å². The fourth-order valence-corrected chi connectivity index (χ4v) is 4.00. The van der Waals surface area contributed by atoms with Crippen molar-refractivity contribution in [2.75, 3.05) is 13.2 Å². The van der Waals surface area contributed by atoms with Crippen molar-refractivity contribution in [3.8, 4) is 0 Å². The van der Waals surface area contributed by atoms with Gasteiger partial charge in [0.25, 0.3) is 0 Å². The number of imide groups is 1. The Morgan fingerprint density at radius 2 is 1.43 bits per heavy atom. The van der Waals surface area contributed by atoms with Crippen LogP contribution in [-0.4, -0.2) is 47.1 Å². The van der Waals surface area contributed by atoms with Crippen LogP contribution in [0.25, 0.3) is 0 Å². The zero-order valence-corrected chi connectivity index (χ0v) is 19.4. The molecule has 1 aliphatic rings. The molecule has 0 aliphatic carbocycles. The molecule has 3 aromatic carbocycles. The minimum absolute atomic E-state index is 0.0202. The Bertz CT molecular complexity index is 1120. The molecule has 35 heavy (non-hydrogen) atoms. The van der Waals surface area contributed by atoms with Crippen molar-refractivity contribution in [2.24, 2.45) is 0 Å². The van der Waals surface area contributed by atoms with Crippen LogP contribution >= 0.6 is 0 Å². The van der Waals surface area contributed by atoms with Crippen LogP contribution in [0.1, 0.15) is 23.1 Å². The fourth-order valence-electron chi connectivity index (χ4n) is 4.00. The van der Waals surface area contributed by atoms with Gasteiger partial charge in [-0.2, -0.15) is 0 Å². The summed E-state index contributed by atoms with van der Waals surface area (Å²) in [6.45, 7) is 0.700. The van der Waals surface area contributed by atoms with E-state index in [2.05, 4.69) is 0 Å². The van der Waals surface area contributed by atoms with E-state index in [9.17, 15) is 14.4 Å². The van der Waals surface area contributed by atoms with Gasteiger partial charge in [0.05, 0.1) is 6.04 Å². The van der Waals surface area contributed by atoms with Crippen molar-refractivity contribution < 1.29 is 23.9 Å². The van der Waals surface area contributed by atoms with Crippen molar-refractivity contribution in [2.45, 2.75) is 32.0 Å². The van der Waals surface area contributed by atoms with Crippen LogP contribution in [0.15, 0.2) is 91.0 Å². The van der Waals surface area contributed by atoms with Gasteiger partial charge in [0, 0.05) is 19.5 Å². The molecule has 4 rings (SSSR count). The van der Waals surface area contributed by atoms with Crippen LogP contribution in [-0.2, 0) is 33.8 Å². The van der Waals surface area contributed by atoms with Gasteiger partial charge in [0.15, 0.2) is 0 Å². The molecule has 0 aromatic heterocycles. The Morgan fingerprint density at radius 1 is 0.857 bits per heavy atom. The lowest BCUT2D eigenvalue weighted by atomic mass is 10.1. The Balaban J connectivity index is 1.40. The van der Waals surface area contributed by atoms with Crippen molar-refractivity contribution in [3.63, 3.8) is 0 Å². The first-order valence-corrected chi connectivity index (χ1v) is 11.6. The minimum Gasteiger partial charge on any atom is -0.447 e. The number of benzene rings is 3. The summed E-state index contributed by atoms with van der Waals surface area (Å²) in [5.41, 5.74) is 2.81. The van der Waals surface area contributed by atoms with Crippen LogP contribution in [0.2, 0.25) is 0 Å². The Labute approximate surface area is 204 Å². The molecule has 7 heteroatoms. The van der Waals surface area contributed by atoms with Crippen molar-refractivity contribution >= 4 is 18.1 Å². The predicted molar refractivity (Wildman–Crippen MR) is 130 cm³/mol. The Hall–Kier alpha value is -4.13. The number of amides is 3. The lowest BCUT2D eigenvalue weighted by molar-refractivity contribution is -0.129. The molecule has 7 nitrogen and oxygen atoms in total. The van der Waals surface area contributed by atoms with Crippen LogP contribution in [0.5, 0.6) is 0 Å². The fraction of sp³-hybridized carbons (Fsp3) is 0.250. The van der Waals surface area contributed by atoms with Crippen LogP contribution in [0.3, 0.4) is 0 Å². The SMILES string of the molecule is O=C(OCc1ccccc1)N(CCC(=O)N1C(=O)OC[C@H]1Cc1ccccc1)Cc1ccccc1. The smallest absolute Gasteiger partial charge is 0.416 e. The Kier molecular flexibility index (Phi) is 8.12. The number of hydrogen-bond acceptors (Lipinski definition) is 5. The van der Waals surface area contributed by atoms with E-state index in [-0.39, 0.29) is 38.1 Å². The van der Waals surface area contributed by atoms with E-state index in [1.165, 1.54) is 9.80 Å². The summed E-state index contributed by atoms with van der Waals surface area (Å²) in [6, 6.07) is 28.2. The molecule has 1 heterocycles. The standard InChI is InChI=1S/C28H28N2O5/c31-26(30-25(21-35-28(30)33)18-22-10-4-1-5-11-22)16-17-29(19-23-12-6-2-7-13-23)27(32)34-20-24-14-8-3-9-15-24/h1-15,25H,16-21H2/t25-/m1/s1. The summed E-state index contributed by atoms with van der Waals surface area (Å²) in [5.74, 6) is -0.373. The maximum Gasteiger partial charge on any atom is 0.416 e. The largest absolute Gasteiger partial charge is 0.447 e. The van der Waals surface area contributed by atoms with Crippen molar-refractivity contribution in [1.29, 1.82) is 0 Å². The van der Waals surface area contributed by atoms with E-state index in [1.807, 2.05) is 91.0 Å². The third-order valence-corrected chi connectivity index (χ3v) is 5.82. The number of carbonyl (C=O) groups excluding carboxylic acids is 3. The maximum absolute atomic E-state index is 13.1. The quantitative estimate of drug-likeness (QED) is 0.447. The van der Waals surface area contributed by atoms with Gasteiger partial charge in [0.1, 0.15) is 13.2 Å². The second kappa shape index (κ2) is 11.8. The maximum atomic E-state index is 13.1. The van der Waals surface area contributed by atoms with Crippen LogP contribution in [0, 0.1) is 0 Å². The minimum atomic E-state index is -0.641.